The highest BCUT2D eigenvalue weighted by Gasteiger charge is 2.58. The zero-order chi connectivity index (χ0) is 27.1. The van der Waals surface area contributed by atoms with Gasteiger partial charge in [-0.25, -0.2) is 0 Å². The number of hydrogen-bond donors (Lipinski definition) is 1. The number of rotatable bonds is 10. The third kappa shape index (κ3) is 7.27. The zero-order valence-corrected chi connectivity index (χ0v) is 24.1. The van der Waals surface area contributed by atoms with E-state index in [9.17, 15) is 9.59 Å². The van der Waals surface area contributed by atoms with Crippen molar-refractivity contribution in [2.75, 3.05) is 6.54 Å². The lowest BCUT2D eigenvalue weighted by molar-refractivity contribution is -0.138. The molecule has 0 radical (unpaired) electrons. The summed E-state index contributed by atoms with van der Waals surface area (Å²) in [4.78, 5) is 26.9. The summed E-state index contributed by atoms with van der Waals surface area (Å²) in [5, 5.41) is 2.82. The molecule has 3 aromatic carbocycles. The van der Waals surface area contributed by atoms with Crippen molar-refractivity contribution >= 4 is 20.1 Å². The predicted octanol–water partition coefficient (Wildman–Crippen LogP) is 6.94. The Labute approximate surface area is 223 Å². The second kappa shape index (κ2) is 12.0. The van der Waals surface area contributed by atoms with Gasteiger partial charge in [0, 0.05) is 11.6 Å². The van der Waals surface area contributed by atoms with E-state index in [1.54, 1.807) is 12.1 Å². The van der Waals surface area contributed by atoms with Gasteiger partial charge in [0.2, 0.25) is 0 Å². The van der Waals surface area contributed by atoms with Crippen LogP contribution in [0.1, 0.15) is 63.0 Å². The first kappa shape index (κ1) is 28.5. The first-order valence-electron chi connectivity index (χ1n) is 13.1. The maximum atomic E-state index is 14.0. The van der Waals surface area contributed by atoms with Crippen LogP contribution in [0, 0.1) is 0 Å². The molecule has 3 rings (SSSR count). The second-order valence-corrected chi connectivity index (χ2v) is 17.0. The smallest absolute Gasteiger partial charge is 0.310 e. The number of nitrogens with one attached hydrogen (secondary N) is 1. The van der Waals surface area contributed by atoms with Gasteiger partial charge in [0.05, 0.1) is 6.54 Å². The summed E-state index contributed by atoms with van der Waals surface area (Å²) < 4.78 is 6.77. The van der Waals surface area contributed by atoms with Crippen molar-refractivity contribution in [2.45, 2.75) is 70.1 Å². The molecule has 1 atom stereocenters. The van der Waals surface area contributed by atoms with Crippen molar-refractivity contribution in [2.24, 2.45) is 0 Å². The normalized spacial score (nSPS) is 13.1. The lowest BCUT2D eigenvalue weighted by Crippen LogP contribution is -2.60. The Morgan fingerprint density at radius 1 is 0.730 bits per heavy atom. The van der Waals surface area contributed by atoms with Gasteiger partial charge in [-0.1, -0.05) is 133 Å². The Balaban J connectivity index is 1.92. The van der Waals surface area contributed by atoms with E-state index in [0.717, 1.165) is 11.6 Å². The Morgan fingerprint density at radius 3 is 1.68 bits per heavy atom. The Kier molecular flexibility index (Phi) is 9.27. The number of ketones is 1. The fourth-order valence-corrected chi connectivity index (χ4v) is 10.4. The van der Waals surface area contributed by atoms with Crippen molar-refractivity contribution < 1.29 is 14.0 Å². The average Bonchev–Trinajstić information content (AvgIpc) is 2.86. The van der Waals surface area contributed by atoms with E-state index in [2.05, 4.69) is 59.0 Å². The van der Waals surface area contributed by atoms with E-state index >= 15 is 0 Å². The van der Waals surface area contributed by atoms with Crippen LogP contribution >= 0.6 is 0 Å². The summed E-state index contributed by atoms with van der Waals surface area (Å²) in [6, 6.07) is 29.5. The molecular formula is C32H41NO3Si. The number of hydrogen-bond acceptors (Lipinski definition) is 4. The highest BCUT2D eigenvalue weighted by molar-refractivity contribution is 6.80. The predicted molar refractivity (Wildman–Crippen MR) is 154 cm³/mol. The highest BCUT2D eigenvalue weighted by Crippen LogP contribution is 2.53. The zero-order valence-electron chi connectivity index (χ0n) is 23.1. The molecule has 3 aromatic rings. The fourth-order valence-electron chi connectivity index (χ4n) is 5.15. The van der Waals surface area contributed by atoms with E-state index in [-0.39, 0.29) is 28.4 Å². The standard InChI is InChI=1S/C32H41NO3Si/c1-31(2,3)37(32(4,5)6,24-26-18-12-8-13-19-26)36-30(35)28(22-25-16-10-7-11-17-25)33-23-29(34)27-20-14-9-15-21-27/h7-21,28,33H,22-24H2,1-6H3/t28-/m0/s1. The molecule has 37 heavy (non-hydrogen) atoms. The molecule has 0 aromatic heterocycles. The second-order valence-electron chi connectivity index (χ2n) is 11.8. The molecule has 0 amide bonds. The van der Waals surface area contributed by atoms with Gasteiger partial charge in [-0.2, -0.15) is 0 Å². The molecule has 5 heteroatoms. The third-order valence-corrected chi connectivity index (χ3v) is 13.5. The Hall–Kier alpha value is -3.02. The van der Waals surface area contributed by atoms with Gasteiger partial charge in [-0.3, -0.25) is 14.9 Å². The monoisotopic (exact) mass is 515 g/mol. The van der Waals surface area contributed by atoms with Crippen molar-refractivity contribution in [3.05, 3.63) is 108 Å². The minimum Gasteiger partial charge on any atom is -0.516 e. The molecule has 4 nitrogen and oxygen atoms in total. The van der Waals surface area contributed by atoms with Crippen LogP contribution in [-0.2, 0) is 21.7 Å². The van der Waals surface area contributed by atoms with E-state index in [0.29, 0.717) is 12.0 Å². The van der Waals surface area contributed by atoms with Crippen LogP contribution in [0.15, 0.2) is 91.0 Å². The third-order valence-electron chi connectivity index (χ3n) is 7.17. The Bertz CT molecular complexity index is 1140. The lowest BCUT2D eigenvalue weighted by atomic mass is 10.1. The molecule has 0 aliphatic rings. The van der Waals surface area contributed by atoms with Gasteiger partial charge in [0.1, 0.15) is 6.04 Å². The van der Waals surface area contributed by atoms with Crippen LogP contribution in [0.4, 0.5) is 0 Å². The van der Waals surface area contributed by atoms with Crippen LogP contribution in [0.5, 0.6) is 0 Å². The van der Waals surface area contributed by atoms with Gasteiger partial charge < -0.3 is 4.43 Å². The summed E-state index contributed by atoms with van der Waals surface area (Å²) in [6.07, 6.45) is 0.450. The summed E-state index contributed by atoms with van der Waals surface area (Å²) in [5.74, 6) is -0.330. The van der Waals surface area contributed by atoms with E-state index in [1.165, 1.54) is 5.56 Å². The van der Waals surface area contributed by atoms with Crippen molar-refractivity contribution in [3.63, 3.8) is 0 Å². The number of carbonyl (C=O) groups excluding carboxylic acids is 2. The van der Waals surface area contributed by atoms with Crippen molar-refractivity contribution in [1.82, 2.24) is 5.32 Å². The lowest BCUT2D eigenvalue weighted by Gasteiger charge is -2.50. The van der Waals surface area contributed by atoms with E-state index < -0.39 is 14.4 Å². The number of carbonyl (C=O) groups is 2. The molecule has 0 unspecified atom stereocenters. The summed E-state index contributed by atoms with van der Waals surface area (Å²) in [7, 11) is -2.78. The minimum absolute atomic E-state index is 0.0501. The maximum Gasteiger partial charge on any atom is 0.310 e. The van der Waals surface area contributed by atoms with Gasteiger partial charge in [-0.05, 0) is 27.6 Å². The van der Waals surface area contributed by atoms with Crippen LogP contribution in [-0.4, -0.2) is 32.7 Å². The van der Waals surface area contributed by atoms with E-state index in [4.69, 9.17) is 4.43 Å². The molecule has 0 heterocycles. The van der Waals surface area contributed by atoms with Crippen LogP contribution in [0.2, 0.25) is 10.1 Å². The quantitative estimate of drug-likeness (QED) is 0.235. The largest absolute Gasteiger partial charge is 0.516 e. The molecule has 0 aliphatic heterocycles. The molecule has 0 bridgehead atoms. The maximum absolute atomic E-state index is 14.0. The first-order valence-corrected chi connectivity index (χ1v) is 15.2. The number of benzene rings is 3. The molecule has 1 N–H and O–H groups in total. The first-order chi connectivity index (χ1) is 17.4. The highest BCUT2D eigenvalue weighted by atomic mass is 28.4. The topological polar surface area (TPSA) is 55.4 Å². The van der Waals surface area contributed by atoms with Gasteiger partial charge in [0.25, 0.3) is 8.32 Å². The summed E-state index contributed by atoms with van der Waals surface area (Å²) in [5.41, 5.74) is 2.82. The molecule has 196 valence electrons. The molecule has 0 saturated heterocycles. The SMILES string of the molecule is CC(C)(C)[Si](Cc1ccccc1)(OC(=O)[C@H](Cc1ccccc1)NCC(=O)c1ccccc1)C(C)(C)C. The fraction of sp³-hybridized carbons (Fsp3) is 0.375. The van der Waals surface area contributed by atoms with Gasteiger partial charge >= 0.3 is 5.97 Å². The molecular weight excluding hydrogens is 474 g/mol. The van der Waals surface area contributed by atoms with Crippen molar-refractivity contribution in [3.8, 4) is 0 Å². The van der Waals surface area contributed by atoms with E-state index in [1.807, 2.05) is 66.7 Å². The molecule has 0 saturated carbocycles. The van der Waals surface area contributed by atoms with Gasteiger partial charge in [0.15, 0.2) is 5.78 Å². The van der Waals surface area contributed by atoms with Crippen LogP contribution < -0.4 is 5.32 Å². The van der Waals surface area contributed by atoms with Crippen LogP contribution in [0.25, 0.3) is 0 Å². The molecule has 0 fully saturated rings. The summed E-state index contributed by atoms with van der Waals surface area (Å²) in [6.45, 7) is 13.2. The van der Waals surface area contributed by atoms with Crippen LogP contribution in [0.3, 0.4) is 0 Å². The number of Topliss-reactive ketones (excluding diaryl/α,β-unsaturated/α-hetero) is 1. The van der Waals surface area contributed by atoms with Crippen molar-refractivity contribution in [1.29, 1.82) is 0 Å². The Morgan fingerprint density at radius 2 is 1.19 bits per heavy atom. The minimum atomic E-state index is -2.78. The average molecular weight is 516 g/mol. The molecule has 0 spiro atoms. The van der Waals surface area contributed by atoms with Gasteiger partial charge in [-0.15, -0.1) is 0 Å². The molecule has 0 aliphatic carbocycles. The summed E-state index contributed by atoms with van der Waals surface area (Å²) >= 11 is 0.